The zero-order valence-corrected chi connectivity index (χ0v) is 13.6. The summed E-state index contributed by atoms with van der Waals surface area (Å²) in [6.07, 6.45) is -4.37. The number of thiocarbonyl (C=S) groups is 1. The van der Waals surface area contributed by atoms with E-state index in [0.29, 0.717) is 5.69 Å². The zero-order chi connectivity index (χ0) is 17.0. The standard InChI is InChI=1S/C17H17F3N2S/c1-11-6-3-4-9-15(11)12(2)21-16(23)22-14-8-5-7-13(10-14)17(18,19)20/h3-10,12H,1-2H3,(H2,21,22,23)/t12-/m1/s1. The highest BCUT2D eigenvalue weighted by Crippen LogP contribution is 2.30. The van der Waals surface area contributed by atoms with Gasteiger partial charge in [-0.05, 0) is 55.4 Å². The smallest absolute Gasteiger partial charge is 0.356 e. The average molecular weight is 338 g/mol. The van der Waals surface area contributed by atoms with Crippen LogP contribution in [-0.4, -0.2) is 5.11 Å². The molecule has 1 atom stereocenters. The van der Waals surface area contributed by atoms with Gasteiger partial charge in [0.1, 0.15) is 0 Å². The van der Waals surface area contributed by atoms with Crippen molar-refractivity contribution in [3.8, 4) is 0 Å². The molecule has 0 amide bonds. The Hall–Kier alpha value is -2.08. The fourth-order valence-corrected chi connectivity index (χ4v) is 2.58. The second-order valence-electron chi connectivity index (χ2n) is 5.26. The molecule has 0 spiro atoms. The largest absolute Gasteiger partial charge is 0.416 e. The van der Waals surface area contributed by atoms with E-state index >= 15 is 0 Å². The first-order valence-electron chi connectivity index (χ1n) is 7.07. The first kappa shape index (κ1) is 17.3. The van der Waals surface area contributed by atoms with Gasteiger partial charge in [-0.3, -0.25) is 0 Å². The van der Waals surface area contributed by atoms with Crippen LogP contribution >= 0.6 is 12.2 Å². The fourth-order valence-electron chi connectivity index (χ4n) is 2.29. The van der Waals surface area contributed by atoms with Crippen molar-refractivity contribution in [2.75, 3.05) is 5.32 Å². The number of benzene rings is 2. The summed E-state index contributed by atoms with van der Waals surface area (Å²) >= 11 is 5.19. The molecule has 2 N–H and O–H groups in total. The second kappa shape index (κ2) is 7.00. The highest BCUT2D eigenvalue weighted by atomic mass is 32.1. The lowest BCUT2D eigenvalue weighted by atomic mass is 10.0. The number of hydrogen-bond acceptors (Lipinski definition) is 1. The molecule has 0 saturated carbocycles. The van der Waals surface area contributed by atoms with Crippen molar-refractivity contribution in [1.82, 2.24) is 5.32 Å². The first-order chi connectivity index (χ1) is 10.8. The van der Waals surface area contributed by atoms with Crippen LogP contribution in [0.5, 0.6) is 0 Å². The van der Waals surface area contributed by atoms with Crippen molar-refractivity contribution < 1.29 is 13.2 Å². The van der Waals surface area contributed by atoms with Gasteiger partial charge in [-0.1, -0.05) is 30.3 Å². The minimum atomic E-state index is -4.37. The van der Waals surface area contributed by atoms with Crippen LogP contribution in [-0.2, 0) is 6.18 Å². The van der Waals surface area contributed by atoms with Crippen LogP contribution in [0.1, 0.15) is 29.7 Å². The minimum Gasteiger partial charge on any atom is -0.356 e. The molecule has 0 aliphatic heterocycles. The quantitative estimate of drug-likeness (QED) is 0.765. The Morgan fingerprint density at radius 1 is 1.09 bits per heavy atom. The molecule has 0 aromatic heterocycles. The van der Waals surface area contributed by atoms with Crippen LogP contribution in [0.3, 0.4) is 0 Å². The third-order valence-electron chi connectivity index (χ3n) is 3.45. The number of hydrogen-bond donors (Lipinski definition) is 2. The van der Waals surface area contributed by atoms with Crippen LogP contribution in [0.2, 0.25) is 0 Å². The Kier molecular flexibility index (Phi) is 5.26. The molecule has 0 saturated heterocycles. The molecule has 2 nitrogen and oxygen atoms in total. The Balaban J connectivity index is 2.04. The summed E-state index contributed by atoms with van der Waals surface area (Å²) in [6, 6.07) is 12.8. The maximum Gasteiger partial charge on any atom is 0.416 e. The van der Waals surface area contributed by atoms with Gasteiger partial charge in [-0.2, -0.15) is 13.2 Å². The molecule has 2 aromatic rings. The molecule has 0 heterocycles. The third kappa shape index (κ3) is 4.69. The molecular weight excluding hydrogens is 321 g/mol. The molecule has 0 aliphatic carbocycles. The van der Waals surface area contributed by atoms with Gasteiger partial charge in [0.25, 0.3) is 0 Å². The van der Waals surface area contributed by atoms with Crippen LogP contribution in [0.25, 0.3) is 0 Å². The summed E-state index contributed by atoms with van der Waals surface area (Å²) in [5.41, 5.74) is 1.79. The SMILES string of the molecule is Cc1ccccc1[C@@H](C)NC(=S)Nc1cccc(C(F)(F)F)c1. The summed E-state index contributed by atoms with van der Waals surface area (Å²) in [7, 11) is 0. The van der Waals surface area contributed by atoms with Gasteiger partial charge in [0.15, 0.2) is 5.11 Å². The molecule has 0 bridgehead atoms. The van der Waals surface area contributed by atoms with Crippen molar-refractivity contribution in [3.05, 3.63) is 65.2 Å². The lowest BCUT2D eigenvalue weighted by Crippen LogP contribution is -2.31. The third-order valence-corrected chi connectivity index (χ3v) is 3.67. The summed E-state index contributed by atoms with van der Waals surface area (Å²) in [4.78, 5) is 0. The zero-order valence-electron chi connectivity index (χ0n) is 12.7. The van der Waals surface area contributed by atoms with Crippen LogP contribution < -0.4 is 10.6 Å². The molecule has 6 heteroatoms. The predicted molar refractivity (Wildman–Crippen MR) is 90.4 cm³/mol. The summed E-state index contributed by atoms with van der Waals surface area (Å²) in [5.74, 6) is 0. The summed E-state index contributed by atoms with van der Waals surface area (Å²) < 4.78 is 38.1. The number of aryl methyl sites for hydroxylation is 1. The highest BCUT2D eigenvalue weighted by Gasteiger charge is 2.30. The van der Waals surface area contributed by atoms with E-state index in [2.05, 4.69) is 10.6 Å². The molecule has 0 radical (unpaired) electrons. The lowest BCUT2D eigenvalue weighted by molar-refractivity contribution is -0.137. The molecule has 23 heavy (non-hydrogen) atoms. The van der Waals surface area contributed by atoms with E-state index in [9.17, 15) is 13.2 Å². The summed E-state index contributed by atoms with van der Waals surface area (Å²) in [6.45, 7) is 3.94. The Labute approximate surface area is 138 Å². The minimum absolute atomic E-state index is 0.0537. The van der Waals surface area contributed by atoms with Crippen LogP contribution in [0.15, 0.2) is 48.5 Å². The first-order valence-corrected chi connectivity index (χ1v) is 7.48. The average Bonchev–Trinajstić information content (AvgIpc) is 2.46. The lowest BCUT2D eigenvalue weighted by Gasteiger charge is -2.19. The van der Waals surface area contributed by atoms with Gasteiger partial charge in [0.05, 0.1) is 11.6 Å². The number of halogens is 3. The van der Waals surface area contributed by atoms with Crippen molar-refractivity contribution in [2.45, 2.75) is 26.1 Å². The molecule has 0 fully saturated rings. The van der Waals surface area contributed by atoms with E-state index in [1.54, 1.807) is 6.07 Å². The molecule has 2 rings (SSSR count). The van der Waals surface area contributed by atoms with Crippen molar-refractivity contribution >= 4 is 23.0 Å². The van der Waals surface area contributed by atoms with Crippen molar-refractivity contribution in [1.29, 1.82) is 0 Å². The maximum absolute atomic E-state index is 12.7. The van der Waals surface area contributed by atoms with E-state index in [0.717, 1.165) is 23.3 Å². The predicted octanol–water partition coefficient (Wildman–Crippen LogP) is 5.06. The Bertz CT molecular complexity index is 698. The van der Waals surface area contributed by atoms with Gasteiger partial charge in [0, 0.05) is 5.69 Å². The molecule has 122 valence electrons. The Morgan fingerprint density at radius 3 is 2.43 bits per heavy atom. The van der Waals surface area contributed by atoms with Gasteiger partial charge >= 0.3 is 6.18 Å². The van der Waals surface area contributed by atoms with E-state index in [-0.39, 0.29) is 11.2 Å². The second-order valence-corrected chi connectivity index (χ2v) is 5.66. The van der Waals surface area contributed by atoms with Gasteiger partial charge in [-0.25, -0.2) is 0 Å². The normalized spacial score (nSPS) is 12.6. The van der Waals surface area contributed by atoms with Gasteiger partial charge in [-0.15, -0.1) is 0 Å². The van der Waals surface area contributed by atoms with Crippen molar-refractivity contribution in [3.63, 3.8) is 0 Å². The maximum atomic E-state index is 12.7. The van der Waals surface area contributed by atoms with E-state index in [4.69, 9.17) is 12.2 Å². The number of nitrogens with one attached hydrogen (secondary N) is 2. The topological polar surface area (TPSA) is 24.1 Å². The molecule has 2 aromatic carbocycles. The molecule has 0 aliphatic rings. The monoisotopic (exact) mass is 338 g/mol. The summed E-state index contributed by atoms with van der Waals surface area (Å²) in [5, 5.41) is 6.16. The molecule has 0 unspecified atom stereocenters. The number of anilines is 1. The van der Waals surface area contributed by atoms with E-state index in [1.807, 2.05) is 38.1 Å². The number of alkyl halides is 3. The highest BCUT2D eigenvalue weighted by molar-refractivity contribution is 7.80. The van der Waals surface area contributed by atoms with E-state index in [1.165, 1.54) is 6.07 Å². The van der Waals surface area contributed by atoms with Crippen LogP contribution in [0, 0.1) is 6.92 Å². The van der Waals surface area contributed by atoms with Crippen LogP contribution in [0.4, 0.5) is 18.9 Å². The Morgan fingerprint density at radius 2 is 1.78 bits per heavy atom. The molecular formula is C17H17F3N2S. The van der Waals surface area contributed by atoms with E-state index < -0.39 is 11.7 Å². The number of rotatable bonds is 3. The fraction of sp³-hybridized carbons (Fsp3) is 0.235. The van der Waals surface area contributed by atoms with Gasteiger partial charge in [0.2, 0.25) is 0 Å². The van der Waals surface area contributed by atoms with Crippen molar-refractivity contribution in [2.24, 2.45) is 0 Å². The van der Waals surface area contributed by atoms with Gasteiger partial charge < -0.3 is 10.6 Å².